The highest BCUT2D eigenvalue weighted by Gasteiger charge is 2.08. The van der Waals surface area contributed by atoms with Gasteiger partial charge in [0.15, 0.2) is 0 Å². The van der Waals surface area contributed by atoms with E-state index in [0.717, 1.165) is 22.6 Å². The number of benzene rings is 2. The molecule has 1 N–H and O–H groups in total. The Morgan fingerprint density at radius 1 is 1.04 bits per heavy atom. The Bertz CT molecular complexity index is 801. The van der Waals surface area contributed by atoms with Crippen molar-refractivity contribution in [2.75, 3.05) is 13.2 Å². The fraction of sp³-hybridized carbons (Fsp3) is 0.263. The molecule has 0 amide bonds. The van der Waals surface area contributed by atoms with Gasteiger partial charge in [-0.1, -0.05) is 12.1 Å². The first-order chi connectivity index (χ1) is 12.1. The first-order valence-corrected chi connectivity index (χ1v) is 8.08. The maximum Gasteiger partial charge on any atom is 0.138 e. The summed E-state index contributed by atoms with van der Waals surface area (Å²) < 4.78 is 13.0. The molecule has 25 heavy (non-hydrogen) atoms. The minimum atomic E-state index is -0.713. The van der Waals surface area contributed by atoms with E-state index in [1.54, 1.807) is 11.0 Å². The second kappa shape index (κ2) is 7.81. The van der Waals surface area contributed by atoms with Crippen molar-refractivity contribution >= 4 is 0 Å². The van der Waals surface area contributed by atoms with E-state index in [0.29, 0.717) is 5.75 Å². The quantitative estimate of drug-likeness (QED) is 0.717. The van der Waals surface area contributed by atoms with E-state index in [1.165, 1.54) is 6.33 Å². The van der Waals surface area contributed by atoms with E-state index in [2.05, 4.69) is 10.1 Å². The molecule has 1 heterocycles. The minimum absolute atomic E-state index is 0.160. The van der Waals surface area contributed by atoms with Crippen LogP contribution in [0.1, 0.15) is 11.1 Å². The summed E-state index contributed by atoms with van der Waals surface area (Å²) in [6.07, 6.45) is 2.40. The molecule has 0 saturated heterocycles. The van der Waals surface area contributed by atoms with Crippen LogP contribution in [0.25, 0.3) is 5.69 Å². The minimum Gasteiger partial charge on any atom is -0.491 e. The fourth-order valence-electron chi connectivity index (χ4n) is 2.33. The van der Waals surface area contributed by atoms with Crippen LogP contribution in [0, 0.1) is 13.8 Å². The number of rotatable bonds is 7. The van der Waals surface area contributed by atoms with Crippen molar-refractivity contribution in [3.05, 3.63) is 66.2 Å². The molecule has 0 saturated carbocycles. The van der Waals surface area contributed by atoms with E-state index in [-0.39, 0.29) is 13.2 Å². The lowest BCUT2D eigenvalue weighted by Gasteiger charge is -2.15. The van der Waals surface area contributed by atoms with Gasteiger partial charge in [-0.15, -0.1) is 0 Å². The van der Waals surface area contributed by atoms with E-state index < -0.39 is 6.10 Å². The third kappa shape index (κ3) is 4.58. The van der Waals surface area contributed by atoms with E-state index in [9.17, 15) is 5.11 Å². The average molecular weight is 339 g/mol. The lowest BCUT2D eigenvalue weighted by Crippen LogP contribution is -2.25. The number of hydrogen-bond donors (Lipinski definition) is 1. The Labute approximate surface area is 146 Å². The number of nitrogens with zero attached hydrogens (tertiary/aromatic N) is 3. The lowest BCUT2D eigenvalue weighted by atomic mass is 10.1. The van der Waals surface area contributed by atoms with E-state index in [1.807, 2.05) is 56.3 Å². The third-order valence-corrected chi connectivity index (χ3v) is 3.74. The molecular weight excluding hydrogens is 318 g/mol. The summed E-state index contributed by atoms with van der Waals surface area (Å²) in [5.74, 6) is 1.46. The van der Waals surface area contributed by atoms with Crippen molar-refractivity contribution in [2.24, 2.45) is 0 Å². The number of aliphatic hydroxyl groups excluding tert-OH is 1. The molecule has 130 valence electrons. The summed E-state index contributed by atoms with van der Waals surface area (Å²) in [4.78, 5) is 3.91. The Morgan fingerprint density at radius 3 is 2.52 bits per heavy atom. The molecule has 2 aromatic carbocycles. The molecule has 0 aliphatic carbocycles. The fourth-order valence-corrected chi connectivity index (χ4v) is 2.33. The van der Waals surface area contributed by atoms with Crippen molar-refractivity contribution < 1.29 is 14.6 Å². The maximum absolute atomic E-state index is 10.1. The molecule has 3 rings (SSSR count). The number of aromatic nitrogens is 3. The monoisotopic (exact) mass is 339 g/mol. The Hall–Kier alpha value is -2.86. The molecule has 6 heteroatoms. The Balaban J connectivity index is 1.49. The molecule has 3 aromatic rings. The Morgan fingerprint density at radius 2 is 1.80 bits per heavy atom. The van der Waals surface area contributed by atoms with Crippen LogP contribution < -0.4 is 9.47 Å². The van der Waals surface area contributed by atoms with Crippen molar-refractivity contribution in [1.82, 2.24) is 14.8 Å². The third-order valence-electron chi connectivity index (χ3n) is 3.74. The zero-order chi connectivity index (χ0) is 17.6. The summed E-state index contributed by atoms with van der Waals surface area (Å²) in [5, 5.41) is 14.1. The van der Waals surface area contributed by atoms with Crippen molar-refractivity contribution in [1.29, 1.82) is 0 Å². The van der Waals surface area contributed by atoms with Crippen LogP contribution >= 0.6 is 0 Å². The van der Waals surface area contributed by atoms with Crippen LogP contribution in [-0.2, 0) is 0 Å². The summed E-state index contributed by atoms with van der Waals surface area (Å²) in [6.45, 7) is 4.33. The van der Waals surface area contributed by atoms with Gasteiger partial charge >= 0.3 is 0 Å². The average Bonchev–Trinajstić information content (AvgIpc) is 3.16. The van der Waals surface area contributed by atoms with Gasteiger partial charge in [-0.05, 0) is 55.3 Å². The van der Waals surface area contributed by atoms with Gasteiger partial charge in [0, 0.05) is 0 Å². The van der Waals surface area contributed by atoms with E-state index in [4.69, 9.17) is 9.47 Å². The molecule has 6 nitrogen and oxygen atoms in total. The van der Waals surface area contributed by atoms with Crippen LogP contribution in [0.15, 0.2) is 55.1 Å². The summed E-state index contributed by atoms with van der Waals surface area (Å²) in [6, 6.07) is 13.4. The van der Waals surface area contributed by atoms with Gasteiger partial charge in [-0.2, -0.15) is 5.10 Å². The Kier molecular flexibility index (Phi) is 5.30. The summed E-state index contributed by atoms with van der Waals surface area (Å²) in [7, 11) is 0. The predicted octanol–water partition coefficient (Wildman–Crippen LogP) is 2.70. The first-order valence-electron chi connectivity index (χ1n) is 8.08. The number of aliphatic hydroxyl groups is 1. The molecule has 0 aliphatic heterocycles. The molecule has 1 unspecified atom stereocenters. The molecule has 0 fully saturated rings. The van der Waals surface area contributed by atoms with Gasteiger partial charge < -0.3 is 14.6 Å². The smallest absolute Gasteiger partial charge is 0.138 e. The zero-order valence-corrected chi connectivity index (χ0v) is 14.3. The molecule has 0 bridgehead atoms. The van der Waals surface area contributed by atoms with Crippen LogP contribution in [-0.4, -0.2) is 39.2 Å². The highest BCUT2D eigenvalue weighted by molar-refractivity contribution is 5.37. The number of ether oxygens (including phenoxy) is 2. The van der Waals surface area contributed by atoms with Crippen LogP contribution in [0.2, 0.25) is 0 Å². The molecule has 1 aromatic heterocycles. The van der Waals surface area contributed by atoms with Crippen LogP contribution in [0.5, 0.6) is 11.5 Å². The largest absolute Gasteiger partial charge is 0.491 e. The lowest BCUT2D eigenvalue weighted by molar-refractivity contribution is 0.0624. The SMILES string of the molecule is Cc1ccc(C)c(OCC(O)COc2ccc(-n3cncn3)cc2)c1. The highest BCUT2D eigenvalue weighted by atomic mass is 16.5. The van der Waals surface area contributed by atoms with Gasteiger partial charge in [-0.3, -0.25) is 0 Å². The van der Waals surface area contributed by atoms with Crippen LogP contribution in [0.3, 0.4) is 0 Å². The van der Waals surface area contributed by atoms with Gasteiger partial charge in [0.25, 0.3) is 0 Å². The van der Waals surface area contributed by atoms with Gasteiger partial charge in [0.2, 0.25) is 0 Å². The maximum atomic E-state index is 10.1. The van der Waals surface area contributed by atoms with Gasteiger partial charge in [0.05, 0.1) is 5.69 Å². The van der Waals surface area contributed by atoms with Crippen LogP contribution in [0.4, 0.5) is 0 Å². The second-order valence-electron chi connectivity index (χ2n) is 5.88. The number of aryl methyl sites for hydroxylation is 2. The van der Waals surface area contributed by atoms with Gasteiger partial charge in [0.1, 0.15) is 43.5 Å². The molecule has 0 spiro atoms. The predicted molar refractivity (Wildman–Crippen MR) is 94.3 cm³/mol. The van der Waals surface area contributed by atoms with Crippen molar-refractivity contribution in [2.45, 2.75) is 20.0 Å². The summed E-state index contributed by atoms with van der Waals surface area (Å²) in [5.41, 5.74) is 3.06. The topological polar surface area (TPSA) is 69.4 Å². The first kappa shape index (κ1) is 17.0. The van der Waals surface area contributed by atoms with E-state index >= 15 is 0 Å². The molecular formula is C19H21N3O3. The normalized spacial score (nSPS) is 12.0. The summed E-state index contributed by atoms with van der Waals surface area (Å²) >= 11 is 0. The number of hydrogen-bond acceptors (Lipinski definition) is 5. The molecule has 1 atom stereocenters. The van der Waals surface area contributed by atoms with Gasteiger partial charge in [-0.25, -0.2) is 9.67 Å². The zero-order valence-electron chi connectivity index (χ0n) is 14.3. The second-order valence-corrected chi connectivity index (χ2v) is 5.88. The molecule has 0 radical (unpaired) electrons. The molecule has 0 aliphatic rings. The van der Waals surface area contributed by atoms with Crippen molar-refractivity contribution in [3.63, 3.8) is 0 Å². The van der Waals surface area contributed by atoms with Crippen molar-refractivity contribution in [3.8, 4) is 17.2 Å². The standard InChI is InChI=1S/C19H21N3O3/c1-14-3-4-15(2)19(9-14)25-11-17(23)10-24-18-7-5-16(6-8-18)22-13-20-12-21-22/h3-9,12-13,17,23H,10-11H2,1-2H3. The highest BCUT2D eigenvalue weighted by Crippen LogP contribution is 2.19.